The molecule has 0 saturated heterocycles. The van der Waals surface area contributed by atoms with Crippen LogP contribution in [0.1, 0.15) is 68.1 Å². The number of carbonyl (C=O) groups is 1. The van der Waals surface area contributed by atoms with Gasteiger partial charge in [0.2, 0.25) is 17.7 Å². The highest BCUT2D eigenvalue weighted by Crippen LogP contribution is 2.43. The molecule has 1 amide bonds. The van der Waals surface area contributed by atoms with Crippen LogP contribution >= 0.6 is 0 Å². The number of hydrogen-bond donors (Lipinski definition) is 3. The van der Waals surface area contributed by atoms with Gasteiger partial charge in [-0.1, -0.05) is 25.1 Å². The molecule has 5 rings (SSSR count). The van der Waals surface area contributed by atoms with Crippen LogP contribution in [0.15, 0.2) is 39.5 Å². The lowest BCUT2D eigenvalue weighted by Gasteiger charge is -2.34. The van der Waals surface area contributed by atoms with Crippen molar-refractivity contribution in [3.8, 4) is 11.5 Å². The molecule has 0 unspecified atom stereocenters. The van der Waals surface area contributed by atoms with Gasteiger partial charge in [-0.2, -0.15) is 0 Å². The smallest absolute Gasteiger partial charge is 0.256 e. The zero-order valence-electron chi connectivity index (χ0n) is 18.6. The monoisotopic (exact) mass is 448 g/mol. The minimum absolute atomic E-state index is 0.00417. The van der Waals surface area contributed by atoms with E-state index in [9.17, 15) is 9.59 Å². The van der Waals surface area contributed by atoms with Crippen molar-refractivity contribution in [2.24, 2.45) is 0 Å². The Morgan fingerprint density at radius 1 is 1.18 bits per heavy atom. The summed E-state index contributed by atoms with van der Waals surface area (Å²) in [5.74, 6) is 2.03. The molecule has 3 N–H and O–H groups in total. The minimum Gasteiger partial charge on any atom is -0.420 e. The highest BCUT2D eigenvalue weighted by Gasteiger charge is 2.38. The van der Waals surface area contributed by atoms with E-state index in [1.807, 2.05) is 37.3 Å². The first-order valence-electron chi connectivity index (χ1n) is 11.7. The van der Waals surface area contributed by atoms with Crippen molar-refractivity contribution in [3.63, 3.8) is 0 Å². The Labute approximate surface area is 191 Å². The van der Waals surface area contributed by atoms with Crippen molar-refractivity contribution < 1.29 is 9.21 Å². The minimum atomic E-state index is -0.160. The molecule has 33 heavy (non-hydrogen) atoms. The molecule has 9 nitrogen and oxygen atoms in total. The summed E-state index contributed by atoms with van der Waals surface area (Å²) in [5.41, 5.74) is 1.47. The van der Waals surface area contributed by atoms with Crippen LogP contribution in [0.5, 0.6) is 0 Å². The normalized spacial score (nSPS) is 22.3. The van der Waals surface area contributed by atoms with Gasteiger partial charge in [-0.3, -0.25) is 9.59 Å². The molecule has 1 saturated carbocycles. The Morgan fingerprint density at radius 3 is 2.85 bits per heavy atom. The highest BCUT2D eigenvalue weighted by molar-refractivity contribution is 5.75. The van der Waals surface area contributed by atoms with Crippen LogP contribution in [0, 0.1) is 0 Å². The number of anilines is 1. The number of fused-ring (bicyclic) bond motifs is 1. The third-order valence-corrected chi connectivity index (χ3v) is 6.60. The highest BCUT2D eigenvalue weighted by atomic mass is 16.4. The summed E-state index contributed by atoms with van der Waals surface area (Å²) in [6.07, 6.45) is 4.25. The van der Waals surface area contributed by atoms with Crippen molar-refractivity contribution in [3.05, 3.63) is 58.0 Å². The van der Waals surface area contributed by atoms with Gasteiger partial charge in [0, 0.05) is 36.4 Å². The standard InChI is InChI=1S/C24H28N6O3/c1-2-19(31)26-15-10-11-16(24-30-29-23(33-24)14-7-4-3-5-8-14)18(13-15)21-27-20-17(22(32)28-21)9-6-12-25-20/h3-5,7-8,15-16,18H,2,6,9-13H2,1H3,(H,26,31)(H2,25,27,28,32)/t15-,16-,18-/m1/s1. The molecule has 2 aliphatic rings. The van der Waals surface area contributed by atoms with Crippen molar-refractivity contribution in [2.75, 3.05) is 11.9 Å². The molecule has 3 aromatic rings. The molecule has 0 bridgehead atoms. The molecule has 9 heteroatoms. The molecule has 3 heterocycles. The first kappa shape index (κ1) is 21.4. The van der Waals surface area contributed by atoms with Crippen LogP contribution in [-0.2, 0) is 11.2 Å². The molecule has 3 atom stereocenters. The summed E-state index contributed by atoms with van der Waals surface area (Å²) in [6, 6.07) is 9.66. The van der Waals surface area contributed by atoms with Gasteiger partial charge in [0.15, 0.2) is 0 Å². The van der Waals surface area contributed by atoms with E-state index in [1.165, 1.54) is 0 Å². The summed E-state index contributed by atoms with van der Waals surface area (Å²) < 4.78 is 6.10. The van der Waals surface area contributed by atoms with Crippen LogP contribution < -0.4 is 16.2 Å². The van der Waals surface area contributed by atoms with Crippen LogP contribution in [0.4, 0.5) is 5.82 Å². The Balaban J connectivity index is 1.49. The van der Waals surface area contributed by atoms with Crippen LogP contribution in [0.2, 0.25) is 0 Å². The predicted molar refractivity (Wildman–Crippen MR) is 123 cm³/mol. The molecule has 0 radical (unpaired) electrons. The van der Waals surface area contributed by atoms with Gasteiger partial charge in [0.05, 0.1) is 5.56 Å². The van der Waals surface area contributed by atoms with Crippen molar-refractivity contribution in [1.29, 1.82) is 0 Å². The van der Waals surface area contributed by atoms with E-state index in [0.717, 1.165) is 37.8 Å². The third-order valence-electron chi connectivity index (χ3n) is 6.60. The summed E-state index contributed by atoms with van der Waals surface area (Å²) in [7, 11) is 0. The number of nitrogens with zero attached hydrogens (tertiary/aromatic N) is 3. The molecule has 1 aromatic carbocycles. The lowest BCUT2D eigenvalue weighted by atomic mass is 9.76. The topological polar surface area (TPSA) is 126 Å². The predicted octanol–water partition coefficient (Wildman–Crippen LogP) is 3.12. The lowest BCUT2D eigenvalue weighted by molar-refractivity contribution is -0.121. The van der Waals surface area contributed by atoms with Gasteiger partial charge in [-0.05, 0) is 44.2 Å². The first-order valence-corrected chi connectivity index (χ1v) is 11.7. The summed E-state index contributed by atoms with van der Waals surface area (Å²) >= 11 is 0. The van der Waals surface area contributed by atoms with E-state index in [0.29, 0.717) is 41.8 Å². The summed E-state index contributed by atoms with van der Waals surface area (Å²) in [5, 5.41) is 15.0. The fraction of sp³-hybridized carbons (Fsp3) is 0.458. The SMILES string of the molecule is CCC(=O)N[C@@H]1CC[C@@H](c2nnc(-c3ccccc3)o2)[C@H](c2nc3c(c(=O)[nH]2)CCCN3)C1. The molecule has 172 valence electrons. The second-order valence-electron chi connectivity index (χ2n) is 8.76. The van der Waals surface area contributed by atoms with E-state index < -0.39 is 0 Å². The van der Waals surface area contributed by atoms with Gasteiger partial charge < -0.3 is 20.0 Å². The van der Waals surface area contributed by atoms with E-state index in [2.05, 4.69) is 25.8 Å². The van der Waals surface area contributed by atoms with Crippen molar-refractivity contribution in [2.45, 2.75) is 63.3 Å². The Kier molecular flexibility index (Phi) is 5.93. The van der Waals surface area contributed by atoms with Gasteiger partial charge in [-0.25, -0.2) is 4.98 Å². The van der Waals surface area contributed by atoms with E-state index in [1.54, 1.807) is 0 Å². The quantitative estimate of drug-likeness (QED) is 0.547. The summed E-state index contributed by atoms with van der Waals surface area (Å²) in [4.78, 5) is 32.7. The van der Waals surface area contributed by atoms with E-state index in [4.69, 9.17) is 9.40 Å². The van der Waals surface area contributed by atoms with Gasteiger partial charge in [-0.15, -0.1) is 10.2 Å². The molecule has 2 aromatic heterocycles. The zero-order valence-corrected chi connectivity index (χ0v) is 18.6. The third kappa shape index (κ3) is 4.40. The molecule has 0 spiro atoms. The number of amides is 1. The number of benzene rings is 1. The van der Waals surface area contributed by atoms with Gasteiger partial charge in [0.25, 0.3) is 5.56 Å². The van der Waals surface area contributed by atoms with Crippen molar-refractivity contribution in [1.82, 2.24) is 25.5 Å². The van der Waals surface area contributed by atoms with Gasteiger partial charge in [0.1, 0.15) is 11.6 Å². The van der Waals surface area contributed by atoms with E-state index >= 15 is 0 Å². The number of aromatic nitrogens is 4. The second-order valence-corrected chi connectivity index (χ2v) is 8.76. The van der Waals surface area contributed by atoms with Crippen LogP contribution in [0.3, 0.4) is 0 Å². The van der Waals surface area contributed by atoms with Crippen LogP contribution in [-0.4, -0.2) is 38.7 Å². The molecule has 1 fully saturated rings. The maximum atomic E-state index is 12.8. The zero-order chi connectivity index (χ0) is 22.8. The molecular formula is C24H28N6O3. The van der Waals surface area contributed by atoms with E-state index in [-0.39, 0.29) is 29.3 Å². The number of hydrogen-bond acceptors (Lipinski definition) is 7. The Morgan fingerprint density at radius 2 is 2.03 bits per heavy atom. The van der Waals surface area contributed by atoms with Crippen molar-refractivity contribution >= 4 is 11.7 Å². The Hall–Kier alpha value is -3.49. The molecule has 1 aliphatic heterocycles. The van der Waals surface area contributed by atoms with Crippen LogP contribution in [0.25, 0.3) is 11.5 Å². The number of H-pyrrole nitrogens is 1. The number of aromatic amines is 1. The first-order chi connectivity index (χ1) is 16.1. The average Bonchev–Trinajstić information content (AvgIpc) is 3.34. The molecule has 1 aliphatic carbocycles. The second kappa shape index (κ2) is 9.17. The number of nitrogens with one attached hydrogen (secondary N) is 3. The fourth-order valence-electron chi connectivity index (χ4n) is 4.85. The maximum absolute atomic E-state index is 12.8. The lowest BCUT2D eigenvalue weighted by Crippen LogP contribution is -2.40. The molecular weight excluding hydrogens is 420 g/mol. The summed E-state index contributed by atoms with van der Waals surface area (Å²) in [6.45, 7) is 2.65. The largest absolute Gasteiger partial charge is 0.420 e. The number of carbonyl (C=O) groups excluding carboxylic acids is 1. The van der Waals surface area contributed by atoms with Gasteiger partial charge >= 0.3 is 0 Å². The fourth-order valence-corrected chi connectivity index (χ4v) is 4.85. The maximum Gasteiger partial charge on any atom is 0.256 e. The Bertz CT molecular complexity index is 1190. The number of rotatable bonds is 5. The average molecular weight is 449 g/mol.